The lowest BCUT2D eigenvalue weighted by molar-refractivity contribution is 0.181. The van der Waals surface area contributed by atoms with Crippen LogP contribution in [0.5, 0.6) is 5.75 Å². The maximum atomic E-state index is 12.4. The zero-order valence-corrected chi connectivity index (χ0v) is 18.4. The first-order valence-electron chi connectivity index (χ1n) is 10.1. The molecule has 29 heavy (non-hydrogen) atoms. The molecule has 1 N–H and O–H groups in total. The van der Waals surface area contributed by atoms with Crippen molar-refractivity contribution in [2.75, 3.05) is 37.8 Å². The minimum Gasteiger partial charge on any atom is -0.473 e. The van der Waals surface area contributed by atoms with E-state index < -0.39 is 0 Å². The van der Waals surface area contributed by atoms with Gasteiger partial charge in [0.1, 0.15) is 5.75 Å². The molecule has 3 rings (SSSR count). The van der Waals surface area contributed by atoms with Crippen molar-refractivity contribution in [1.29, 1.82) is 0 Å². The van der Waals surface area contributed by atoms with Gasteiger partial charge >= 0.3 is 6.03 Å². The largest absolute Gasteiger partial charge is 0.473 e. The van der Waals surface area contributed by atoms with E-state index in [9.17, 15) is 4.79 Å². The lowest BCUT2D eigenvalue weighted by Crippen LogP contribution is -2.52. The molecular formula is C23H32ClN3O2. The Morgan fingerprint density at radius 3 is 2.38 bits per heavy atom. The van der Waals surface area contributed by atoms with E-state index in [-0.39, 0.29) is 25.2 Å². The maximum Gasteiger partial charge on any atom is 0.320 e. The van der Waals surface area contributed by atoms with Gasteiger partial charge in [-0.05, 0) is 55.2 Å². The van der Waals surface area contributed by atoms with E-state index in [0.717, 1.165) is 31.7 Å². The van der Waals surface area contributed by atoms with Crippen LogP contribution >= 0.6 is 12.4 Å². The Morgan fingerprint density at radius 1 is 1.03 bits per heavy atom. The van der Waals surface area contributed by atoms with Gasteiger partial charge in [0.25, 0.3) is 0 Å². The molecular weight excluding hydrogens is 386 g/mol. The zero-order valence-electron chi connectivity index (χ0n) is 17.6. The summed E-state index contributed by atoms with van der Waals surface area (Å²) in [7, 11) is 0. The molecule has 2 aromatic carbocycles. The summed E-state index contributed by atoms with van der Waals surface area (Å²) in [6, 6.07) is 14.4. The molecule has 1 fully saturated rings. The molecule has 2 amide bonds. The van der Waals surface area contributed by atoms with Gasteiger partial charge in [-0.1, -0.05) is 37.6 Å². The van der Waals surface area contributed by atoms with Gasteiger partial charge in [0.15, 0.2) is 6.73 Å². The molecule has 1 aliphatic heterocycles. The molecule has 0 bridgehead atoms. The number of urea groups is 1. The Morgan fingerprint density at radius 2 is 1.72 bits per heavy atom. The van der Waals surface area contributed by atoms with Crippen molar-refractivity contribution in [3.63, 3.8) is 0 Å². The van der Waals surface area contributed by atoms with E-state index in [1.165, 1.54) is 22.4 Å². The zero-order chi connectivity index (χ0) is 19.9. The molecule has 1 aliphatic rings. The summed E-state index contributed by atoms with van der Waals surface area (Å²) in [4.78, 5) is 16.6. The predicted octanol–water partition coefficient (Wildman–Crippen LogP) is 4.55. The standard InChI is InChI=1S/C23H31N3O2.ClH/c1-4-6-20-9-11-21(12-10-20)28-17-24-23(27)26-15-13-25(14-16-26)22-8-5-7-18(2)19(22)3;/h5,7-12H,4,6,13-17H2,1-3H3,(H,24,27);1H. The summed E-state index contributed by atoms with van der Waals surface area (Å²) in [6.07, 6.45) is 2.21. The van der Waals surface area contributed by atoms with Crippen molar-refractivity contribution in [3.05, 3.63) is 59.2 Å². The number of piperazine rings is 1. The van der Waals surface area contributed by atoms with Crippen LogP contribution in [-0.2, 0) is 6.42 Å². The van der Waals surface area contributed by atoms with Crippen molar-refractivity contribution >= 4 is 24.1 Å². The number of ether oxygens (including phenoxy) is 1. The fourth-order valence-electron chi connectivity index (χ4n) is 3.56. The highest BCUT2D eigenvalue weighted by Gasteiger charge is 2.22. The van der Waals surface area contributed by atoms with Gasteiger partial charge in [-0.2, -0.15) is 0 Å². The Bertz CT molecular complexity index is 787. The molecule has 0 atom stereocenters. The first-order chi connectivity index (χ1) is 13.6. The molecule has 0 aromatic heterocycles. The van der Waals surface area contributed by atoms with Gasteiger partial charge in [0.05, 0.1) is 0 Å². The van der Waals surface area contributed by atoms with Crippen molar-refractivity contribution in [3.8, 4) is 5.75 Å². The van der Waals surface area contributed by atoms with Crippen molar-refractivity contribution in [2.45, 2.75) is 33.6 Å². The van der Waals surface area contributed by atoms with Crippen molar-refractivity contribution in [1.82, 2.24) is 10.2 Å². The molecule has 5 nitrogen and oxygen atoms in total. The molecule has 0 unspecified atom stereocenters. The van der Waals surface area contributed by atoms with Crippen LogP contribution in [0.1, 0.15) is 30.0 Å². The molecule has 6 heteroatoms. The topological polar surface area (TPSA) is 44.8 Å². The molecule has 1 saturated heterocycles. The second-order valence-corrected chi connectivity index (χ2v) is 7.36. The first-order valence-corrected chi connectivity index (χ1v) is 10.1. The molecule has 158 valence electrons. The summed E-state index contributed by atoms with van der Waals surface area (Å²) in [5.74, 6) is 0.778. The van der Waals surface area contributed by atoms with Gasteiger partial charge in [-0.15, -0.1) is 12.4 Å². The van der Waals surface area contributed by atoms with Gasteiger partial charge in [0.2, 0.25) is 0 Å². The number of anilines is 1. The number of carbonyl (C=O) groups is 1. The third-order valence-corrected chi connectivity index (χ3v) is 5.41. The van der Waals surface area contributed by atoms with Gasteiger partial charge in [0, 0.05) is 31.9 Å². The van der Waals surface area contributed by atoms with Gasteiger partial charge in [-0.25, -0.2) is 4.79 Å². The minimum atomic E-state index is -0.0665. The number of aryl methyl sites for hydroxylation is 2. The van der Waals surface area contributed by atoms with Crippen LogP contribution in [0, 0.1) is 13.8 Å². The Balaban J connectivity index is 0.00000300. The minimum absolute atomic E-state index is 0. The second kappa shape index (κ2) is 11.0. The average Bonchev–Trinajstić information content (AvgIpc) is 2.72. The average molecular weight is 418 g/mol. The van der Waals surface area contributed by atoms with Crippen LogP contribution in [0.2, 0.25) is 0 Å². The van der Waals surface area contributed by atoms with Crippen molar-refractivity contribution in [2.24, 2.45) is 0 Å². The van der Waals surface area contributed by atoms with E-state index in [2.05, 4.69) is 61.3 Å². The second-order valence-electron chi connectivity index (χ2n) is 7.36. The Kier molecular flexibility index (Phi) is 8.65. The summed E-state index contributed by atoms with van der Waals surface area (Å²) in [6.45, 7) is 9.77. The molecule has 1 heterocycles. The highest BCUT2D eigenvalue weighted by Crippen LogP contribution is 2.23. The summed E-state index contributed by atoms with van der Waals surface area (Å²) >= 11 is 0. The van der Waals surface area contributed by atoms with Crippen LogP contribution in [0.3, 0.4) is 0 Å². The number of rotatable bonds is 6. The maximum absolute atomic E-state index is 12.4. The number of halogens is 1. The van der Waals surface area contributed by atoms with E-state index in [4.69, 9.17) is 4.74 Å². The molecule has 0 saturated carbocycles. The third-order valence-electron chi connectivity index (χ3n) is 5.41. The van der Waals surface area contributed by atoms with Crippen molar-refractivity contribution < 1.29 is 9.53 Å². The predicted molar refractivity (Wildman–Crippen MR) is 121 cm³/mol. The van der Waals surface area contributed by atoms with Crippen LogP contribution < -0.4 is 15.0 Å². The third kappa shape index (κ3) is 6.04. The normalized spacial score (nSPS) is 13.6. The first kappa shape index (κ1) is 22.9. The van der Waals surface area contributed by atoms with E-state index >= 15 is 0 Å². The number of hydrogen-bond donors (Lipinski definition) is 1. The monoisotopic (exact) mass is 417 g/mol. The number of nitrogens with zero attached hydrogens (tertiary/aromatic N) is 2. The van der Waals surface area contributed by atoms with Crippen LogP contribution in [-0.4, -0.2) is 43.8 Å². The Labute approximate surface area is 180 Å². The lowest BCUT2D eigenvalue weighted by Gasteiger charge is -2.37. The van der Waals surface area contributed by atoms with E-state index in [0.29, 0.717) is 13.1 Å². The molecule has 0 radical (unpaired) electrons. The number of benzene rings is 2. The quantitative estimate of drug-likeness (QED) is 0.701. The lowest BCUT2D eigenvalue weighted by atomic mass is 10.1. The SMILES string of the molecule is CCCc1ccc(OCNC(=O)N2CCN(c3cccc(C)c3C)CC2)cc1.Cl. The Hall–Kier alpha value is -2.40. The van der Waals surface area contributed by atoms with Crippen LogP contribution in [0.15, 0.2) is 42.5 Å². The van der Waals surface area contributed by atoms with E-state index in [1.807, 2.05) is 17.0 Å². The summed E-state index contributed by atoms with van der Waals surface area (Å²) in [5, 5.41) is 2.86. The molecule has 2 aromatic rings. The fraction of sp³-hybridized carbons (Fsp3) is 0.435. The number of hydrogen-bond acceptors (Lipinski definition) is 3. The number of nitrogens with one attached hydrogen (secondary N) is 1. The summed E-state index contributed by atoms with van der Waals surface area (Å²) < 4.78 is 5.65. The smallest absolute Gasteiger partial charge is 0.320 e. The van der Waals surface area contributed by atoms with Gasteiger partial charge < -0.3 is 19.9 Å². The van der Waals surface area contributed by atoms with Crippen LogP contribution in [0.25, 0.3) is 0 Å². The molecule has 0 aliphatic carbocycles. The fourth-order valence-corrected chi connectivity index (χ4v) is 3.56. The summed E-state index contributed by atoms with van der Waals surface area (Å²) in [5.41, 5.74) is 5.20. The van der Waals surface area contributed by atoms with Crippen LogP contribution in [0.4, 0.5) is 10.5 Å². The number of carbonyl (C=O) groups excluding carboxylic acids is 1. The number of amides is 2. The van der Waals surface area contributed by atoms with E-state index in [1.54, 1.807) is 0 Å². The van der Waals surface area contributed by atoms with Gasteiger partial charge in [-0.3, -0.25) is 0 Å². The molecule has 0 spiro atoms. The highest BCUT2D eigenvalue weighted by atomic mass is 35.5. The highest BCUT2D eigenvalue weighted by molar-refractivity contribution is 5.85.